The topological polar surface area (TPSA) is 38.3 Å². The molecule has 17 heavy (non-hydrogen) atoms. The minimum atomic E-state index is -0.195. The lowest BCUT2D eigenvalue weighted by molar-refractivity contribution is -0.153. The molecule has 1 fully saturated rings. The molecule has 0 amide bonds. The minimum absolute atomic E-state index is 0.0950. The number of carbonyl (C=O) groups excluding carboxylic acids is 1. The Hall–Kier alpha value is -1.35. The third-order valence-corrected chi connectivity index (χ3v) is 3.18. The predicted octanol–water partition coefficient (Wildman–Crippen LogP) is 2.43. The van der Waals surface area contributed by atoms with Crippen LogP contribution in [0.2, 0.25) is 0 Å². The summed E-state index contributed by atoms with van der Waals surface area (Å²) in [5, 5.41) is 3.21. The fourth-order valence-electron chi connectivity index (χ4n) is 2.04. The summed E-state index contributed by atoms with van der Waals surface area (Å²) >= 11 is 0. The molecule has 0 radical (unpaired) electrons. The van der Waals surface area contributed by atoms with E-state index in [1.54, 1.807) is 0 Å². The Morgan fingerprint density at radius 1 is 1.35 bits per heavy atom. The van der Waals surface area contributed by atoms with E-state index in [1.807, 2.05) is 37.3 Å². The SMILES string of the molecule is CC(C(=O)OC1CCCCN1)c1ccccc1. The van der Waals surface area contributed by atoms with Crippen molar-refractivity contribution in [2.24, 2.45) is 0 Å². The molecule has 1 saturated heterocycles. The number of piperidine rings is 1. The fourth-order valence-corrected chi connectivity index (χ4v) is 2.04. The van der Waals surface area contributed by atoms with Gasteiger partial charge in [0.1, 0.15) is 0 Å². The van der Waals surface area contributed by atoms with Crippen LogP contribution in [0.1, 0.15) is 37.7 Å². The molecule has 1 aromatic carbocycles. The van der Waals surface area contributed by atoms with Crippen LogP contribution in [0.3, 0.4) is 0 Å². The number of hydrogen-bond acceptors (Lipinski definition) is 3. The first kappa shape index (κ1) is 12.1. The van der Waals surface area contributed by atoms with Crippen LogP contribution in [0.5, 0.6) is 0 Å². The predicted molar refractivity (Wildman–Crippen MR) is 66.6 cm³/mol. The normalized spacial score (nSPS) is 21.8. The molecule has 92 valence electrons. The summed E-state index contributed by atoms with van der Waals surface area (Å²) < 4.78 is 5.46. The number of nitrogens with one attached hydrogen (secondary N) is 1. The summed E-state index contributed by atoms with van der Waals surface area (Å²) in [5.41, 5.74) is 1.01. The van der Waals surface area contributed by atoms with Crippen molar-refractivity contribution in [3.05, 3.63) is 35.9 Å². The first-order valence-electron chi connectivity index (χ1n) is 6.26. The van der Waals surface area contributed by atoms with Crippen molar-refractivity contribution in [1.29, 1.82) is 0 Å². The van der Waals surface area contributed by atoms with Crippen LogP contribution >= 0.6 is 0 Å². The standard InChI is InChI=1S/C14H19NO2/c1-11(12-7-3-2-4-8-12)14(16)17-13-9-5-6-10-15-13/h2-4,7-8,11,13,15H,5-6,9-10H2,1H3. The highest BCUT2D eigenvalue weighted by molar-refractivity contribution is 5.77. The average molecular weight is 233 g/mol. The minimum Gasteiger partial charge on any atom is -0.446 e. The third-order valence-electron chi connectivity index (χ3n) is 3.18. The van der Waals surface area contributed by atoms with E-state index in [9.17, 15) is 4.79 Å². The van der Waals surface area contributed by atoms with E-state index >= 15 is 0 Å². The Balaban J connectivity index is 1.91. The summed E-state index contributed by atoms with van der Waals surface area (Å²) in [4.78, 5) is 11.9. The number of rotatable bonds is 3. The van der Waals surface area contributed by atoms with Gasteiger partial charge >= 0.3 is 5.97 Å². The van der Waals surface area contributed by atoms with Crippen LogP contribution in [0.4, 0.5) is 0 Å². The van der Waals surface area contributed by atoms with Gasteiger partial charge < -0.3 is 4.74 Å². The van der Waals surface area contributed by atoms with Crippen molar-refractivity contribution in [2.75, 3.05) is 6.54 Å². The molecular weight excluding hydrogens is 214 g/mol. The van der Waals surface area contributed by atoms with Gasteiger partial charge in [-0.2, -0.15) is 0 Å². The van der Waals surface area contributed by atoms with E-state index in [1.165, 1.54) is 6.42 Å². The first-order chi connectivity index (χ1) is 8.27. The Labute approximate surface area is 102 Å². The molecule has 1 aliphatic rings. The lowest BCUT2D eigenvalue weighted by Crippen LogP contribution is -2.38. The summed E-state index contributed by atoms with van der Waals surface area (Å²) in [6.45, 7) is 2.83. The van der Waals surface area contributed by atoms with Gasteiger partial charge in [-0.3, -0.25) is 10.1 Å². The number of esters is 1. The van der Waals surface area contributed by atoms with Crippen molar-refractivity contribution in [1.82, 2.24) is 5.32 Å². The van der Waals surface area contributed by atoms with Gasteiger partial charge in [-0.25, -0.2) is 0 Å². The second kappa shape index (κ2) is 5.82. The maximum absolute atomic E-state index is 11.9. The van der Waals surface area contributed by atoms with Crippen LogP contribution in [0, 0.1) is 0 Å². The second-order valence-electron chi connectivity index (χ2n) is 4.51. The van der Waals surface area contributed by atoms with Crippen LogP contribution in [-0.2, 0) is 9.53 Å². The van der Waals surface area contributed by atoms with Crippen molar-refractivity contribution < 1.29 is 9.53 Å². The van der Waals surface area contributed by atoms with E-state index in [4.69, 9.17) is 4.74 Å². The monoisotopic (exact) mass is 233 g/mol. The van der Waals surface area contributed by atoms with Crippen molar-refractivity contribution in [2.45, 2.75) is 38.3 Å². The Bertz CT molecular complexity index is 358. The quantitative estimate of drug-likeness (QED) is 0.815. The summed E-state index contributed by atoms with van der Waals surface area (Å²) in [5.74, 6) is -0.337. The Morgan fingerprint density at radius 2 is 2.12 bits per heavy atom. The maximum Gasteiger partial charge on any atom is 0.314 e. The molecule has 0 spiro atoms. The van der Waals surface area contributed by atoms with Crippen LogP contribution in [-0.4, -0.2) is 18.7 Å². The zero-order valence-corrected chi connectivity index (χ0v) is 10.2. The van der Waals surface area contributed by atoms with Gasteiger partial charge in [0.05, 0.1) is 5.92 Å². The first-order valence-corrected chi connectivity index (χ1v) is 6.26. The molecule has 3 nitrogen and oxygen atoms in total. The summed E-state index contributed by atoms with van der Waals surface area (Å²) in [7, 11) is 0. The van der Waals surface area contributed by atoms with Gasteiger partial charge in [0, 0.05) is 0 Å². The lowest BCUT2D eigenvalue weighted by Gasteiger charge is -2.24. The van der Waals surface area contributed by atoms with Crippen LogP contribution < -0.4 is 5.32 Å². The van der Waals surface area contributed by atoms with Crippen molar-refractivity contribution in [3.63, 3.8) is 0 Å². The molecule has 0 aromatic heterocycles. The van der Waals surface area contributed by atoms with Gasteiger partial charge in [-0.05, 0) is 38.3 Å². The highest BCUT2D eigenvalue weighted by Gasteiger charge is 2.22. The van der Waals surface area contributed by atoms with Gasteiger partial charge in [0.15, 0.2) is 6.23 Å². The number of carbonyl (C=O) groups is 1. The molecule has 0 saturated carbocycles. The fraction of sp³-hybridized carbons (Fsp3) is 0.500. The second-order valence-corrected chi connectivity index (χ2v) is 4.51. The Morgan fingerprint density at radius 3 is 2.76 bits per heavy atom. The molecule has 1 N–H and O–H groups in total. The number of ether oxygens (including phenoxy) is 1. The van der Waals surface area contributed by atoms with Crippen molar-refractivity contribution >= 4 is 5.97 Å². The molecule has 3 heteroatoms. The van der Waals surface area contributed by atoms with E-state index in [-0.39, 0.29) is 18.1 Å². The summed E-state index contributed by atoms with van der Waals surface area (Å²) in [6, 6.07) is 9.75. The zero-order chi connectivity index (χ0) is 12.1. The van der Waals surface area contributed by atoms with E-state index in [2.05, 4.69) is 5.32 Å². The molecule has 0 bridgehead atoms. The van der Waals surface area contributed by atoms with E-state index < -0.39 is 0 Å². The molecule has 2 rings (SSSR count). The molecular formula is C14H19NO2. The van der Waals surface area contributed by atoms with Gasteiger partial charge in [0.2, 0.25) is 0 Å². The molecule has 1 aliphatic heterocycles. The third kappa shape index (κ3) is 3.30. The molecule has 1 heterocycles. The van der Waals surface area contributed by atoms with Gasteiger partial charge in [-0.1, -0.05) is 30.3 Å². The van der Waals surface area contributed by atoms with Gasteiger partial charge in [-0.15, -0.1) is 0 Å². The van der Waals surface area contributed by atoms with E-state index in [0.29, 0.717) is 0 Å². The highest BCUT2D eigenvalue weighted by Crippen LogP contribution is 2.18. The maximum atomic E-state index is 11.9. The van der Waals surface area contributed by atoms with Gasteiger partial charge in [0.25, 0.3) is 0 Å². The zero-order valence-electron chi connectivity index (χ0n) is 10.2. The smallest absolute Gasteiger partial charge is 0.314 e. The summed E-state index contributed by atoms with van der Waals surface area (Å²) in [6.07, 6.45) is 3.13. The van der Waals surface area contributed by atoms with Crippen molar-refractivity contribution in [3.8, 4) is 0 Å². The largest absolute Gasteiger partial charge is 0.446 e. The van der Waals surface area contributed by atoms with Crippen LogP contribution in [0.15, 0.2) is 30.3 Å². The molecule has 2 unspecified atom stereocenters. The highest BCUT2D eigenvalue weighted by atomic mass is 16.6. The van der Waals surface area contributed by atoms with Crippen LogP contribution in [0.25, 0.3) is 0 Å². The molecule has 0 aliphatic carbocycles. The number of hydrogen-bond donors (Lipinski definition) is 1. The molecule has 2 atom stereocenters. The number of benzene rings is 1. The lowest BCUT2D eigenvalue weighted by atomic mass is 10.0. The Kier molecular flexibility index (Phi) is 4.15. The van der Waals surface area contributed by atoms with E-state index in [0.717, 1.165) is 24.9 Å². The molecule has 1 aromatic rings. The average Bonchev–Trinajstić information content (AvgIpc) is 2.40.